The summed E-state index contributed by atoms with van der Waals surface area (Å²) in [6.07, 6.45) is 3.69. The van der Waals surface area contributed by atoms with Gasteiger partial charge >= 0.3 is 0 Å². The molecule has 0 fully saturated rings. The minimum Gasteiger partial charge on any atom is -0.309 e. The first-order valence-electron chi connectivity index (χ1n) is 11.3. The summed E-state index contributed by atoms with van der Waals surface area (Å²) in [5.74, 6) is 0. The van der Waals surface area contributed by atoms with Gasteiger partial charge in [-0.1, -0.05) is 42.5 Å². The van der Waals surface area contributed by atoms with Crippen molar-refractivity contribution in [2.24, 2.45) is 0 Å². The molecule has 3 aromatic carbocycles. The maximum Gasteiger partial charge on any atom is 0.165 e. The van der Waals surface area contributed by atoms with E-state index in [-0.39, 0.29) is 0 Å². The van der Waals surface area contributed by atoms with Gasteiger partial charge in [0.1, 0.15) is 11.2 Å². The number of hydrogen-bond acceptors (Lipinski definition) is 3. The molecule has 0 saturated carbocycles. The average molecular weight is 435 g/mol. The van der Waals surface area contributed by atoms with Gasteiger partial charge < -0.3 is 4.57 Å². The van der Waals surface area contributed by atoms with Crippen LogP contribution in [0.5, 0.6) is 0 Å². The molecule has 0 radical (unpaired) electrons. The van der Waals surface area contributed by atoms with Crippen LogP contribution < -0.4 is 0 Å². The third kappa shape index (κ3) is 2.16. The van der Waals surface area contributed by atoms with E-state index in [9.17, 15) is 0 Å². The molecule has 158 valence electrons. The fraction of sp³-hybridized carbons (Fsp3) is 0. The molecule has 5 heterocycles. The lowest BCUT2D eigenvalue weighted by Gasteiger charge is -2.12. The molecular weight excluding hydrogens is 418 g/mol. The predicted molar refractivity (Wildman–Crippen MR) is 138 cm³/mol. The molecule has 0 amide bonds. The molecule has 0 aliphatic heterocycles. The van der Waals surface area contributed by atoms with Gasteiger partial charge in [0.2, 0.25) is 0 Å². The highest BCUT2D eigenvalue weighted by Gasteiger charge is 2.21. The summed E-state index contributed by atoms with van der Waals surface area (Å²) >= 11 is 0. The second-order valence-corrected chi connectivity index (χ2v) is 8.56. The molecule has 5 heteroatoms. The average Bonchev–Trinajstić information content (AvgIpc) is 3.46. The van der Waals surface area contributed by atoms with Crippen molar-refractivity contribution in [3.05, 3.63) is 103 Å². The van der Waals surface area contributed by atoms with Gasteiger partial charge in [0.15, 0.2) is 5.65 Å². The second kappa shape index (κ2) is 6.39. The summed E-state index contributed by atoms with van der Waals surface area (Å²) in [4.78, 5) is 14.6. The van der Waals surface area contributed by atoms with Gasteiger partial charge in [-0.2, -0.15) is 0 Å². The number of pyridine rings is 3. The standard InChI is InChI=1S/C29H17N5/c1-2-8-18(9-3-1)33-23-12-5-4-10-19(23)20-14-15-21-25(27(20)33)26-24(13-7-16-30-26)34-28(21)32-22-11-6-17-31-29(22)34/h1-17H. The van der Waals surface area contributed by atoms with E-state index in [1.807, 2.05) is 30.6 Å². The van der Waals surface area contributed by atoms with Crippen molar-refractivity contribution >= 4 is 60.4 Å². The number of aromatic nitrogens is 5. The summed E-state index contributed by atoms with van der Waals surface area (Å²) in [6.45, 7) is 0. The topological polar surface area (TPSA) is 48.0 Å². The molecule has 5 aromatic heterocycles. The van der Waals surface area contributed by atoms with Gasteiger partial charge in [-0.15, -0.1) is 0 Å². The number of benzene rings is 3. The SMILES string of the molecule is c1ccc(-n2c3ccccc3c3ccc4c(c5ncccc5n5c6ncccc6nc45)c32)cc1. The van der Waals surface area contributed by atoms with E-state index in [2.05, 4.69) is 86.7 Å². The fourth-order valence-corrected chi connectivity index (χ4v) is 5.42. The molecule has 0 aliphatic carbocycles. The van der Waals surface area contributed by atoms with Crippen molar-refractivity contribution in [2.75, 3.05) is 0 Å². The quantitative estimate of drug-likeness (QED) is 0.270. The van der Waals surface area contributed by atoms with Crippen molar-refractivity contribution in [3.63, 3.8) is 0 Å². The molecule has 0 spiro atoms. The summed E-state index contributed by atoms with van der Waals surface area (Å²) in [5, 5.41) is 4.60. The van der Waals surface area contributed by atoms with Crippen LogP contribution in [0.1, 0.15) is 0 Å². The lowest BCUT2D eigenvalue weighted by molar-refractivity contribution is 1.18. The first-order valence-corrected chi connectivity index (χ1v) is 11.3. The largest absolute Gasteiger partial charge is 0.309 e. The van der Waals surface area contributed by atoms with Crippen molar-refractivity contribution in [3.8, 4) is 5.69 Å². The Labute approximate surface area is 193 Å². The number of hydrogen-bond donors (Lipinski definition) is 0. The molecule has 0 saturated heterocycles. The van der Waals surface area contributed by atoms with Crippen molar-refractivity contribution in [2.45, 2.75) is 0 Å². The zero-order chi connectivity index (χ0) is 22.2. The molecule has 0 atom stereocenters. The van der Waals surface area contributed by atoms with Gasteiger partial charge in [-0.25, -0.2) is 9.97 Å². The van der Waals surface area contributed by atoms with Crippen LogP contribution in [0.2, 0.25) is 0 Å². The van der Waals surface area contributed by atoms with E-state index >= 15 is 0 Å². The minimum absolute atomic E-state index is 0.848. The van der Waals surface area contributed by atoms with Crippen LogP contribution in [0.15, 0.2) is 103 Å². The third-order valence-corrected chi connectivity index (χ3v) is 6.77. The molecule has 34 heavy (non-hydrogen) atoms. The molecule has 5 nitrogen and oxygen atoms in total. The zero-order valence-electron chi connectivity index (χ0n) is 18.1. The first-order chi connectivity index (χ1) is 16.9. The third-order valence-electron chi connectivity index (χ3n) is 6.77. The van der Waals surface area contributed by atoms with Gasteiger partial charge in [0, 0.05) is 39.6 Å². The first kappa shape index (κ1) is 17.7. The Morgan fingerprint density at radius 1 is 0.559 bits per heavy atom. The van der Waals surface area contributed by atoms with E-state index in [1.165, 1.54) is 16.3 Å². The number of fused-ring (bicyclic) bond motifs is 12. The maximum absolute atomic E-state index is 5.02. The fourth-order valence-electron chi connectivity index (χ4n) is 5.42. The van der Waals surface area contributed by atoms with Gasteiger partial charge in [0.25, 0.3) is 0 Å². The second-order valence-electron chi connectivity index (χ2n) is 8.56. The molecule has 0 N–H and O–H groups in total. The Balaban J connectivity index is 1.73. The highest BCUT2D eigenvalue weighted by atomic mass is 15.1. The van der Waals surface area contributed by atoms with Gasteiger partial charge in [-0.05, 0) is 48.5 Å². The number of nitrogens with zero attached hydrogens (tertiary/aromatic N) is 5. The number of para-hydroxylation sites is 2. The molecule has 0 bridgehead atoms. The van der Waals surface area contributed by atoms with E-state index in [1.54, 1.807) is 0 Å². The van der Waals surface area contributed by atoms with E-state index in [4.69, 9.17) is 9.97 Å². The normalized spacial score (nSPS) is 12.1. The monoisotopic (exact) mass is 435 g/mol. The Hall–Kier alpha value is -4.77. The van der Waals surface area contributed by atoms with Crippen LogP contribution in [-0.2, 0) is 0 Å². The van der Waals surface area contributed by atoms with E-state index < -0.39 is 0 Å². The number of imidazole rings is 1. The minimum atomic E-state index is 0.848. The van der Waals surface area contributed by atoms with Crippen LogP contribution in [0.3, 0.4) is 0 Å². The van der Waals surface area contributed by atoms with Crippen molar-refractivity contribution in [1.82, 2.24) is 23.9 Å². The summed E-state index contributed by atoms with van der Waals surface area (Å²) in [7, 11) is 0. The van der Waals surface area contributed by atoms with Crippen LogP contribution in [0.4, 0.5) is 0 Å². The van der Waals surface area contributed by atoms with Crippen LogP contribution in [-0.4, -0.2) is 23.9 Å². The van der Waals surface area contributed by atoms with Crippen LogP contribution >= 0.6 is 0 Å². The Bertz CT molecular complexity index is 2070. The molecule has 8 rings (SSSR count). The lowest BCUT2D eigenvalue weighted by atomic mass is 10.0. The molecule has 0 aliphatic rings. The van der Waals surface area contributed by atoms with Gasteiger partial charge in [-0.3, -0.25) is 9.38 Å². The van der Waals surface area contributed by atoms with E-state index in [0.29, 0.717) is 0 Å². The van der Waals surface area contributed by atoms with Gasteiger partial charge in [0.05, 0.1) is 22.1 Å². The molecule has 8 aromatic rings. The van der Waals surface area contributed by atoms with Crippen LogP contribution in [0, 0.1) is 0 Å². The predicted octanol–water partition coefficient (Wildman–Crippen LogP) is 6.68. The maximum atomic E-state index is 5.02. The van der Waals surface area contributed by atoms with Crippen molar-refractivity contribution < 1.29 is 0 Å². The van der Waals surface area contributed by atoms with E-state index in [0.717, 1.165) is 49.8 Å². The Kier molecular flexibility index (Phi) is 3.34. The highest BCUT2D eigenvalue weighted by Crippen LogP contribution is 2.40. The summed E-state index contributed by atoms with van der Waals surface area (Å²) in [6, 6.07) is 31.6. The van der Waals surface area contributed by atoms with Crippen LogP contribution in [0.25, 0.3) is 66.1 Å². The van der Waals surface area contributed by atoms with Crippen molar-refractivity contribution in [1.29, 1.82) is 0 Å². The number of rotatable bonds is 1. The lowest BCUT2D eigenvalue weighted by Crippen LogP contribution is -1.98. The Morgan fingerprint density at radius 2 is 1.32 bits per heavy atom. The zero-order valence-corrected chi connectivity index (χ0v) is 18.1. The smallest absolute Gasteiger partial charge is 0.165 e. The Morgan fingerprint density at radius 3 is 2.26 bits per heavy atom. The summed E-state index contributed by atoms with van der Waals surface area (Å²) < 4.78 is 4.50. The molecular formula is C29H17N5. The highest BCUT2D eigenvalue weighted by molar-refractivity contribution is 6.27. The summed E-state index contributed by atoms with van der Waals surface area (Å²) in [5.41, 5.74) is 8.02. The molecule has 0 unspecified atom stereocenters.